The maximum atomic E-state index is 13.5. The molecule has 0 radical (unpaired) electrons. The first-order valence-corrected chi connectivity index (χ1v) is 5.39. The fourth-order valence-corrected chi connectivity index (χ4v) is 1.93. The van der Waals surface area contributed by atoms with Crippen LogP contribution in [-0.4, -0.2) is 25.0 Å². The van der Waals surface area contributed by atoms with Crippen LogP contribution in [-0.2, 0) is 4.74 Å². The van der Waals surface area contributed by atoms with Gasteiger partial charge in [-0.1, -0.05) is 0 Å². The van der Waals surface area contributed by atoms with E-state index in [9.17, 15) is 18.0 Å². The Morgan fingerprint density at radius 2 is 2.06 bits per heavy atom. The fraction of sp³-hybridized carbons (Fsp3) is 0.417. The molecule has 2 atom stereocenters. The van der Waals surface area contributed by atoms with Crippen LogP contribution in [0, 0.1) is 22.9 Å². The molecule has 1 saturated heterocycles. The summed E-state index contributed by atoms with van der Waals surface area (Å²) in [6, 6.07) is 1.04. The molecular weight excluding hydrogens is 247 g/mol. The SMILES string of the molecule is CC1(C(=O)c2ccc(F)c(F)c2F)COCC1N. The molecule has 18 heavy (non-hydrogen) atoms. The largest absolute Gasteiger partial charge is 0.379 e. The van der Waals surface area contributed by atoms with Crippen molar-refractivity contribution in [3.63, 3.8) is 0 Å². The quantitative estimate of drug-likeness (QED) is 0.649. The van der Waals surface area contributed by atoms with E-state index < -0.39 is 40.3 Å². The zero-order chi connectivity index (χ0) is 13.5. The normalized spacial score (nSPS) is 27.5. The summed E-state index contributed by atoms with van der Waals surface area (Å²) in [4.78, 5) is 12.2. The van der Waals surface area contributed by atoms with E-state index in [-0.39, 0.29) is 13.2 Å². The number of hydrogen-bond acceptors (Lipinski definition) is 3. The van der Waals surface area contributed by atoms with E-state index in [1.807, 2.05) is 0 Å². The lowest BCUT2D eigenvalue weighted by atomic mass is 9.78. The fourth-order valence-electron chi connectivity index (χ4n) is 1.93. The highest BCUT2D eigenvalue weighted by Crippen LogP contribution is 2.32. The van der Waals surface area contributed by atoms with Gasteiger partial charge in [0.2, 0.25) is 0 Å². The summed E-state index contributed by atoms with van der Waals surface area (Å²) in [5.74, 6) is -5.15. The van der Waals surface area contributed by atoms with Crippen molar-refractivity contribution in [3.8, 4) is 0 Å². The second-order valence-corrected chi connectivity index (χ2v) is 4.59. The van der Waals surface area contributed by atoms with E-state index in [4.69, 9.17) is 10.5 Å². The van der Waals surface area contributed by atoms with Gasteiger partial charge in [-0.2, -0.15) is 0 Å². The standard InChI is InChI=1S/C12H12F3NO2/c1-12(5-18-4-8(12)16)11(17)6-2-3-7(13)10(15)9(6)14/h2-3,8H,4-5,16H2,1H3. The van der Waals surface area contributed by atoms with Gasteiger partial charge >= 0.3 is 0 Å². The van der Waals surface area contributed by atoms with Crippen molar-refractivity contribution in [1.82, 2.24) is 0 Å². The van der Waals surface area contributed by atoms with Crippen LogP contribution >= 0.6 is 0 Å². The van der Waals surface area contributed by atoms with Gasteiger partial charge in [0.1, 0.15) is 0 Å². The molecule has 1 aliphatic heterocycles. The van der Waals surface area contributed by atoms with Gasteiger partial charge in [-0.3, -0.25) is 4.79 Å². The Balaban J connectivity index is 2.44. The van der Waals surface area contributed by atoms with Gasteiger partial charge in [0.15, 0.2) is 23.2 Å². The zero-order valence-electron chi connectivity index (χ0n) is 9.67. The number of halogens is 3. The van der Waals surface area contributed by atoms with Crippen LogP contribution in [0.5, 0.6) is 0 Å². The maximum absolute atomic E-state index is 13.5. The van der Waals surface area contributed by atoms with Crippen LogP contribution in [0.1, 0.15) is 17.3 Å². The van der Waals surface area contributed by atoms with Crippen LogP contribution in [0.4, 0.5) is 13.2 Å². The molecule has 1 aromatic rings. The highest BCUT2D eigenvalue weighted by atomic mass is 19.2. The van der Waals surface area contributed by atoms with E-state index in [1.54, 1.807) is 0 Å². The monoisotopic (exact) mass is 259 g/mol. The maximum Gasteiger partial charge on any atom is 0.195 e. The van der Waals surface area contributed by atoms with Crippen molar-refractivity contribution in [2.24, 2.45) is 11.1 Å². The molecule has 0 saturated carbocycles. The summed E-state index contributed by atoms with van der Waals surface area (Å²) in [6.45, 7) is 1.73. The number of ether oxygens (including phenoxy) is 1. The molecule has 1 fully saturated rings. The van der Waals surface area contributed by atoms with E-state index >= 15 is 0 Å². The minimum atomic E-state index is -1.66. The number of benzene rings is 1. The van der Waals surface area contributed by atoms with Crippen LogP contribution in [0.15, 0.2) is 12.1 Å². The van der Waals surface area contributed by atoms with Crippen LogP contribution in [0.25, 0.3) is 0 Å². The molecule has 2 N–H and O–H groups in total. The first-order valence-electron chi connectivity index (χ1n) is 5.39. The van der Waals surface area contributed by atoms with Gasteiger partial charge < -0.3 is 10.5 Å². The second kappa shape index (κ2) is 4.37. The molecule has 0 aliphatic carbocycles. The summed E-state index contributed by atoms with van der Waals surface area (Å²) in [5.41, 5.74) is 4.11. The summed E-state index contributed by atoms with van der Waals surface area (Å²) in [6.07, 6.45) is 0. The van der Waals surface area contributed by atoms with Gasteiger partial charge in [0, 0.05) is 6.04 Å². The van der Waals surface area contributed by atoms with Crippen molar-refractivity contribution >= 4 is 5.78 Å². The van der Waals surface area contributed by atoms with Crippen molar-refractivity contribution in [2.45, 2.75) is 13.0 Å². The average Bonchev–Trinajstić information content (AvgIpc) is 2.67. The topological polar surface area (TPSA) is 52.3 Å². The van der Waals surface area contributed by atoms with Crippen molar-refractivity contribution in [1.29, 1.82) is 0 Å². The lowest BCUT2D eigenvalue weighted by molar-refractivity contribution is 0.0762. The molecule has 0 bridgehead atoms. The number of ketones is 1. The molecule has 1 aliphatic rings. The third-order valence-electron chi connectivity index (χ3n) is 3.32. The van der Waals surface area contributed by atoms with E-state index in [0.717, 1.165) is 12.1 Å². The molecule has 0 spiro atoms. The Morgan fingerprint density at radius 1 is 1.39 bits per heavy atom. The number of rotatable bonds is 2. The van der Waals surface area contributed by atoms with Gasteiger partial charge in [-0.05, 0) is 19.1 Å². The smallest absolute Gasteiger partial charge is 0.195 e. The predicted molar refractivity (Wildman–Crippen MR) is 57.5 cm³/mol. The number of carbonyl (C=O) groups excluding carboxylic acids is 1. The minimum Gasteiger partial charge on any atom is -0.379 e. The van der Waals surface area contributed by atoms with E-state index in [1.165, 1.54) is 6.92 Å². The van der Waals surface area contributed by atoms with Crippen LogP contribution in [0.2, 0.25) is 0 Å². The predicted octanol–water partition coefficient (Wildman–Crippen LogP) is 1.65. The van der Waals surface area contributed by atoms with Crippen molar-refractivity contribution in [3.05, 3.63) is 35.1 Å². The Hall–Kier alpha value is -1.40. The Kier molecular flexibility index (Phi) is 3.16. The molecule has 1 heterocycles. The molecule has 98 valence electrons. The molecule has 0 aromatic heterocycles. The van der Waals surface area contributed by atoms with Crippen LogP contribution in [0.3, 0.4) is 0 Å². The molecule has 2 unspecified atom stereocenters. The van der Waals surface area contributed by atoms with Crippen molar-refractivity contribution < 1.29 is 22.7 Å². The molecule has 1 aromatic carbocycles. The second-order valence-electron chi connectivity index (χ2n) is 4.59. The number of Topliss-reactive ketones (excluding diaryl/α,β-unsaturated/α-hetero) is 1. The van der Waals surface area contributed by atoms with Gasteiger partial charge in [-0.25, -0.2) is 13.2 Å². The Morgan fingerprint density at radius 3 is 2.61 bits per heavy atom. The minimum absolute atomic E-state index is 0.0332. The van der Waals surface area contributed by atoms with Gasteiger partial charge in [0.05, 0.1) is 24.2 Å². The summed E-state index contributed by atoms with van der Waals surface area (Å²) < 4.78 is 44.5. The number of nitrogens with two attached hydrogens (primary N) is 1. The van der Waals surface area contributed by atoms with Gasteiger partial charge in [-0.15, -0.1) is 0 Å². The highest BCUT2D eigenvalue weighted by Gasteiger charge is 2.45. The van der Waals surface area contributed by atoms with Gasteiger partial charge in [0.25, 0.3) is 0 Å². The zero-order valence-corrected chi connectivity index (χ0v) is 9.67. The summed E-state index contributed by atoms with van der Waals surface area (Å²) in [5, 5.41) is 0. The lowest BCUT2D eigenvalue weighted by Crippen LogP contribution is -2.44. The van der Waals surface area contributed by atoms with E-state index in [0.29, 0.717) is 0 Å². The first-order chi connectivity index (χ1) is 8.38. The summed E-state index contributed by atoms with van der Waals surface area (Å²) >= 11 is 0. The molecule has 2 rings (SSSR count). The molecule has 6 heteroatoms. The van der Waals surface area contributed by atoms with Crippen LogP contribution < -0.4 is 5.73 Å². The molecule has 3 nitrogen and oxygen atoms in total. The van der Waals surface area contributed by atoms with E-state index in [2.05, 4.69) is 0 Å². The first kappa shape index (κ1) is 13.0. The number of carbonyl (C=O) groups is 1. The third kappa shape index (κ3) is 1.81. The Bertz CT molecular complexity index is 506. The molecule has 0 amide bonds. The lowest BCUT2D eigenvalue weighted by Gasteiger charge is -2.25. The molecular formula is C12H12F3NO2. The Labute approximate surface area is 102 Å². The average molecular weight is 259 g/mol. The van der Waals surface area contributed by atoms with Crippen molar-refractivity contribution in [2.75, 3.05) is 13.2 Å². The summed E-state index contributed by atoms with van der Waals surface area (Å²) in [7, 11) is 0. The highest BCUT2D eigenvalue weighted by molar-refractivity contribution is 6.01. The number of hydrogen-bond donors (Lipinski definition) is 1. The third-order valence-corrected chi connectivity index (χ3v) is 3.32.